The third-order valence-corrected chi connectivity index (χ3v) is 3.19. The lowest BCUT2D eigenvalue weighted by Gasteiger charge is -2.07. The van der Waals surface area contributed by atoms with Crippen molar-refractivity contribution in [3.05, 3.63) is 65.2 Å². The van der Waals surface area contributed by atoms with E-state index in [2.05, 4.69) is 10.1 Å². The van der Waals surface area contributed by atoms with Gasteiger partial charge in [-0.1, -0.05) is 23.8 Å². The van der Waals surface area contributed by atoms with Crippen molar-refractivity contribution in [2.75, 3.05) is 19.0 Å². The number of hydrogen-bond donors (Lipinski definition) is 1. The van der Waals surface area contributed by atoms with Gasteiger partial charge in [0.05, 0.1) is 18.2 Å². The summed E-state index contributed by atoms with van der Waals surface area (Å²) < 4.78 is 9.54. The van der Waals surface area contributed by atoms with Crippen LogP contribution in [0.2, 0.25) is 0 Å². The van der Waals surface area contributed by atoms with Gasteiger partial charge in [-0.15, -0.1) is 0 Å². The summed E-state index contributed by atoms with van der Waals surface area (Å²) in [6.45, 7) is 1.52. The Morgan fingerprint density at radius 1 is 0.958 bits per heavy atom. The lowest BCUT2D eigenvalue weighted by Crippen LogP contribution is -2.21. The molecule has 0 bridgehead atoms. The first-order chi connectivity index (χ1) is 11.5. The molecule has 124 valence electrons. The van der Waals surface area contributed by atoms with Crippen LogP contribution < -0.4 is 5.32 Å². The zero-order valence-corrected chi connectivity index (χ0v) is 13.4. The summed E-state index contributed by atoms with van der Waals surface area (Å²) in [5.74, 6) is -1.70. The van der Waals surface area contributed by atoms with Crippen molar-refractivity contribution >= 4 is 23.5 Å². The van der Waals surface area contributed by atoms with E-state index in [-0.39, 0.29) is 11.1 Å². The van der Waals surface area contributed by atoms with Crippen LogP contribution in [0.15, 0.2) is 48.5 Å². The molecule has 0 radical (unpaired) electrons. The molecule has 6 nitrogen and oxygen atoms in total. The lowest BCUT2D eigenvalue weighted by molar-refractivity contribution is -0.119. The molecule has 0 aliphatic carbocycles. The van der Waals surface area contributed by atoms with E-state index in [1.807, 2.05) is 19.1 Å². The van der Waals surface area contributed by atoms with Crippen molar-refractivity contribution in [2.24, 2.45) is 0 Å². The van der Waals surface area contributed by atoms with Crippen LogP contribution in [0.1, 0.15) is 26.3 Å². The van der Waals surface area contributed by atoms with Gasteiger partial charge in [-0.3, -0.25) is 4.79 Å². The number of esters is 2. The van der Waals surface area contributed by atoms with Crippen LogP contribution >= 0.6 is 0 Å². The molecule has 1 amide bonds. The zero-order valence-electron chi connectivity index (χ0n) is 13.4. The minimum Gasteiger partial charge on any atom is -0.465 e. The van der Waals surface area contributed by atoms with Gasteiger partial charge in [0.2, 0.25) is 0 Å². The van der Waals surface area contributed by atoms with Gasteiger partial charge in [0, 0.05) is 5.69 Å². The fourth-order valence-corrected chi connectivity index (χ4v) is 1.94. The number of hydrogen-bond acceptors (Lipinski definition) is 5. The molecule has 0 unspecified atom stereocenters. The first kappa shape index (κ1) is 17.2. The summed E-state index contributed by atoms with van der Waals surface area (Å²) in [5.41, 5.74) is 2.09. The molecule has 24 heavy (non-hydrogen) atoms. The molecule has 2 aromatic rings. The van der Waals surface area contributed by atoms with Crippen LogP contribution in [-0.2, 0) is 14.3 Å². The molecule has 0 spiro atoms. The predicted octanol–water partition coefficient (Wildman–Crippen LogP) is 2.58. The largest absolute Gasteiger partial charge is 0.465 e. The minimum atomic E-state index is -0.695. The SMILES string of the molecule is COC(=O)c1cccc(C(=O)OCC(=O)Nc2ccc(C)cc2)c1. The summed E-state index contributed by atoms with van der Waals surface area (Å²) >= 11 is 0. The van der Waals surface area contributed by atoms with Crippen LogP contribution in [-0.4, -0.2) is 31.6 Å². The summed E-state index contributed by atoms with van der Waals surface area (Å²) in [7, 11) is 1.25. The number of anilines is 1. The Hall–Kier alpha value is -3.15. The third-order valence-electron chi connectivity index (χ3n) is 3.19. The molecular formula is C18H17NO5. The highest BCUT2D eigenvalue weighted by atomic mass is 16.5. The number of amides is 1. The van der Waals surface area contributed by atoms with Gasteiger partial charge >= 0.3 is 11.9 Å². The number of benzene rings is 2. The van der Waals surface area contributed by atoms with Gasteiger partial charge in [-0.25, -0.2) is 9.59 Å². The Bertz CT molecular complexity index is 752. The van der Waals surface area contributed by atoms with Crippen LogP contribution in [0.4, 0.5) is 5.69 Å². The Labute approximate surface area is 139 Å². The highest BCUT2D eigenvalue weighted by Gasteiger charge is 2.13. The second-order valence-electron chi connectivity index (χ2n) is 5.06. The van der Waals surface area contributed by atoms with Gasteiger partial charge in [0.25, 0.3) is 5.91 Å². The van der Waals surface area contributed by atoms with Crippen LogP contribution in [0.3, 0.4) is 0 Å². The molecule has 0 saturated heterocycles. The molecule has 6 heteroatoms. The first-order valence-electron chi connectivity index (χ1n) is 7.21. The second-order valence-corrected chi connectivity index (χ2v) is 5.06. The van der Waals surface area contributed by atoms with Gasteiger partial charge < -0.3 is 14.8 Å². The number of carbonyl (C=O) groups is 3. The summed E-state index contributed by atoms with van der Waals surface area (Å²) in [4.78, 5) is 35.2. The number of rotatable bonds is 5. The Kier molecular flexibility index (Phi) is 5.68. The molecule has 0 aliphatic rings. The maximum atomic E-state index is 12.0. The fraction of sp³-hybridized carbons (Fsp3) is 0.167. The number of nitrogens with one attached hydrogen (secondary N) is 1. The van der Waals surface area contributed by atoms with E-state index in [1.165, 1.54) is 31.4 Å². The van der Waals surface area contributed by atoms with Gasteiger partial charge in [0.15, 0.2) is 6.61 Å². The molecule has 0 aliphatic heterocycles. The smallest absolute Gasteiger partial charge is 0.338 e. The average Bonchev–Trinajstić information content (AvgIpc) is 2.61. The van der Waals surface area contributed by atoms with E-state index >= 15 is 0 Å². The normalized spacial score (nSPS) is 9.92. The van der Waals surface area contributed by atoms with Crippen LogP contribution in [0.25, 0.3) is 0 Å². The lowest BCUT2D eigenvalue weighted by atomic mass is 10.1. The van der Waals surface area contributed by atoms with Crippen LogP contribution in [0.5, 0.6) is 0 Å². The summed E-state index contributed by atoms with van der Waals surface area (Å²) in [6, 6.07) is 13.1. The zero-order chi connectivity index (χ0) is 17.5. The predicted molar refractivity (Wildman–Crippen MR) is 87.9 cm³/mol. The molecule has 1 N–H and O–H groups in total. The van der Waals surface area contributed by atoms with E-state index in [9.17, 15) is 14.4 Å². The van der Waals surface area contributed by atoms with Crippen molar-refractivity contribution in [2.45, 2.75) is 6.92 Å². The van der Waals surface area contributed by atoms with E-state index < -0.39 is 24.5 Å². The summed E-state index contributed by atoms with van der Waals surface area (Å²) in [5, 5.41) is 2.62. The molecule has 0 atom stereocenters. The van der Waals surface area contributed by atoms with Crippen molar-refractivity contribution < 1.29 is 23.9 Å². The maximum absolute atomic E-state index is 12.0. The number of carbonyl (C=O) groups excluding carboxylic acids is 3. The number of ether oxygens (including phenoxy) is 2. The molecule has 2 aromatic carbocycles. The third kappa shape index (κ3) is 4.67. The Balaban J connectivity index is 1.91. The summed E-state index contributed by atoms with van der Waals surface area (Å²) in [6.07, 6.45) is 0. The quantitative estimate of drug-likeness (QED) is 0.854. The average molecular weight is 327 g/mol. The molecule has 0 fully saturated rings. The van der Waals surface area contributed by atoms with Gasteiger partial charge in [0.1, 0.15) is 0 Å². The monoisotopic (exact) mass is 327 g/mol. The standard InChI is InChI=1S/C18H17NO5/c1-12-6-8-15(9-7-12)19-16(20)11-24-18(22)14-5-3-4-13(10-14)17(21)23-2/h3-10H,11H2,1-2H3,(H,19,20). The topological polar surface area (TPSA) is 81.7 Å². The van der Waals surface area contributed by atoms with Crippen molar-refractivity contribution in [3.8, 4) is 0 Å². The van der Waals surface area contributed by atoms with E-state index in [1.54, 1.807) is 12.1 Å². The number of aryl methyl sites for hydroxylation is 1. The highest BCUT2D eigenvalue weighted by Crippen LogP contribution is 2.10. The van der Waals surface area contributed by atoms with Gasteiger partial charge in [-0.05, 0) is 37.3 Å². The Morgan fingerprint density at radius 2 is 1.58 bits per heavy atom. The molecule has 0 saturated carbocycles. The maximum Gasteiger partial charge on any atom is 0.338 e. The second kappa shape index (κ2) is 7.92. The first-order valence-corrected chi connectivity index (χ1v) is 7.21. The van der Waals surface area contributed by atoms with Crippen molar-refractivity contribution in [1.82, 2.24) is 0 Å². The minimum absolute atomic E-state index is 0.168. The van der Waals surface area contributed by atoms with E-state index in [0.717, 1.165) is 5.56 Å². The van der Waals surface area contributed by atoms with Crippen molar-refractivity contribution in [3.63, 3.8) is 0 Å². The fourth-order valence-electron chi connectivity index (χ4n) is 1.94. The molecule has 0 heterocycles. The molecular weight excluding hydrogens is 310 g/mol. The molecule has 2 rings (SSSR count). The van der Waals surface area contributed by atoms with E-state index in [0.29, 0.717) is 5.69 Å². The van der Waals surface area contributed by atoms with E-state index in [4.69, 9.17) is 4.74 Å². The molecule has 0 aromatic heterocycles. The Morgan fingerprint density at radius 3 is 2.21 bits per heavy atom. The van der Waals surface area contributed by atoms with Crippen molar-refractivity contribution in [1.29, 1.82) is 0 Å². The number of methoxy groups -OCH3 is 1. The van der Waals surface area contributed by atoms with Gasteiger partial charge in [-0.2, -0.15) is 0 Å². The highest BCUT2D eigenvalue weighted by molar-refractivity contribution is 5.97. The van der Waals surface area contributed by atoms with Crippen LogP contribution in [0, 0.1) is 6.92 Å².